The molecule has 2 rings (SSSR count). The molecule has 2 N–H and O–H groups in total. The highest BCUT2D eigenvalue weighted by Crippen LogP contribution is 2.30. The average Bonchev–Trinajstić information content (AvgIpc) is 2.44. The highest BCUT2D eigenvalue weighted by atomic mass is 32.2. The van der Waals surface area contributed by atoms with E-state index in [2.05, 4.69) is 24.3 Å². The van der Waals surface area contributed by atoms with Crippen LogP contribution in [0, 0.1) is 0 Å². The van der Waals surface area contributed by atoms with Gasteiger partial charge in [0.05, 0.1) is 11.9 Å². The third-order valence-electron chi connectivity index (χ3n) is 2.35. The van der Waals surface area contributed by atoms with Crippen LogP contribution in [0.1, 0.15) is 0 Å². The van der Waals surface area contributed by atoms with Gasteiger partial charge in [0.1, 0.15) is 0 Å². The van der Waals surface area contributed by atoms with Gasteiger partial charge in [-0.1, -0.05) is 35.3 Å². The van der Waals surface area contributed by atoms with Gasteiger partial charge in [-0.25, -0.2) is 0 Å². The van der Waals surface area contributed by atoms with Gasteiger partial charge in [0.2, 0.25) is 0 Å². The van der Waals surface area contributed by atoms with Crippen LogP contribution < -0.4 is 0 Å². The van der Waals surface area contributed by atoms with Gasteiger partial charge >= 0.3 is 0 Å². The first-order valence-corrected chi connectivity index (χ1v) is 8.46. The number of rotatable bonds is 6. The summed E-state index contributed by atoms with van der Waals surface area (Å²) in [6.45, 7) is 0. The van der Waals surface area contributed by atoms with E-state index >= 15 is 0 Å². The molecule has 0 spiro atoms. The second-order valence-electron chi connectivity index (χ2n) is 3.59. The van der Waals surface area contributed by atoms with Gasteiger partial charge in [-0.2, -0.15) is 0 Å². The van der Waals surface area contributed by atoms with E-state index in [0.29, 0.717) is 0 Å². The minimum Gasteiger partial charge on any atom is -0.385 e. The van der Waals surface area contributed by atoms with Crippen molar-refractivity contribution in [2.24, 2.45) is 0 Å². The molecular formula is C14H14O2S3. The molecule has 0 heterocycles. The molecule has 0 aliphatic heterocycles. The fraction of sp³-hybridized carbons (Fsp3) is 0.143. The van der Waals surface area contributed by atoms with Crippen molar-refractivity contribution in [3.05, 3.63) is 48.5 Å². The standard InChI is InChI=1S/C14H14O2S3/c15-9-17-11-1-5-13(6-2-11)19-14-7-3-12(4-8-14)18-10-16/h1-8,15-16H,9-10H2. The van der Waals surface area contributed by atoms with E-state index in [9.17, 15) is 0 Å². The fourth-order valence-corrected chi connectivity index (χ4v) is 3.26. The van der Waals surface area contributed by atoms with Gasteiger partial charge < -0.3 is 10.2 Å². The van der Waals surface area contributed by atoms with Crippen LogP contribution in [0.3, 0.4) is 0 Å². The first kappa shape index (κ1) is 14.8. The lowest BCUT2D eigenvalue weighted by Gasteiger charge is -2.04. The lowest BCUT2D eigenvalue weighted by Crippen LogP contribution is -1.78. The van der Waals surface area contributed by atoms with Crippen molar-refractivity contribution in [1.82, 2.24) is 0 Å². The van der Waals surface area contributed by atoms with Gasteiger partial charge in [-0.05, 0) is 48.5 Å². The third-order valence-corrected chi connectivity index (χ3v) is 4.83. The van der Waals surface area contributed by atoms with Gasteiger partial charge in [-0.15, -0.1) is 0 Å². The summed E-state index contributed by atoms with van der Waals surface area (Å²) in [6.07, 6.45) is 0. The van der Waals surface area contributed by atoms with Crippen LogP contribution in [0.2, 0.25) is 0 Å². The molecule has 0 saturated heterocycles. The first-order chi connectivity index (χ1) is 9.31. The Morgan fingerprint density at radius 3 is 1.21 bits per heavy atom. The van der Waals surface area contributed by atoms with Crippen molar-refractivity contribution in [2.75, 3.05) is 11.9 Å². The largest absolute Gasteiger partial charge is 0.385 e. The van der Waals surface area contributed by atoms with Crippen molar-refractivity contribution in [3.8, 4) is 0 Å². The summed E-state index contributed by atoms with van der Waals surface area (Å²) >= 11 is 4.53. The molecule has 0 radical (unpaired) electrons. The van der Waals surface area contributed by atoms with Crippen LogP contribution in [0.15, 0.2) is 68.1 Å². The van der Waals surface area contributed by atoms with E-state index in [1.807, 2.05) is 24.3 Å². The number of hydrogen-bond acceptors (Lipinski definition) is 5. The molecule has 0 atom stereocenters. The maximum atomic E-state index is 8.83. The van der Waals surface area contributed by atoms with Gasteiger partial charge in [0, 0.05) is 19.6 Å². The molecule has 0 aromatic heterocycles. The number of hydrogen-bond donors (Lipinski definition) is 2. The summed E-state index contributed by atoms with van der Waals surface area (Å²) in [5.74, 6) is 0.215. The molecule has 0 saturated carbocycles. The SMILES string of the molecule is OCSc1ccc(Sc2ccc(SCO)cc2)cc1. The van der Waals surface area contributed by atoms with Gasteiger partial charge in [0.15, 0.2) is 0 Å². The quantitative estimate of drug-likeness (QED) is 0.625. The monoisotopic (exact) mass is 310 g/mol. The Kier molecular flexibility index (Phi) is 6.13. The molecule has 0 fully saturated rings. The molecule has 0 amide bonds. The molecular weight excluding hydrogens is 296 g/mol. The van der Waals surface area contributed by atoms with E-state index in [-0.39, 0.29) is 11.9 Å². The maximum Gasteiger partial charge on any atom is 0.0932 e. The molecule has 5 heteroatoms. The van der Waals surface area contributed by atoms with E-state index in [1.165, 1.54) is 33.3 Å². The van der Waals surface area contributed by atoms with Crippen LogP contribution in [0.25, 0.3) is 0 Å². The summed E-state index contributed by atoms with van der Waals surface area (Å²) < 4.78 is 0. The van der Waals surface area contributed by atoms with Crippen LogP contribution in [-0.2, 0) is 0 Å². The Morgan fingerprint density at radius 1 is 0.579 bits per heavy atom. The number of aliphatic hydroxyl groups excluding tert-OH is 2. The Balaban J connectivity index is 1.99. The summed E-state index contributed by atoms with van der Waals surface area (Å²) in [7, 11) is 0. The Hall–Kier alpha value is -0.590. The van der Waals surface area contributed by atoms with Crippen LogP contribution in [-0.4, -0.2) is 22.1 Å². The molecule has 2 aromatic carbocycles. The van der Waals surface area contributed by atoms with E-state index < -0.39 is 0 Å². The van der Waals surface area contributed by atoms with Crippen molar-refractivity contribution in [3.63, 3.8) is 0 Å². The fourth-order valence-electron chi connectivity index (χ4n) is 1.49. The van der Waals surface area contributed by atoms with Crippen LogP contribution in [0.5, 0.6) is 0 Å². The molecule has 0 bridgehead atoms. The van der Waals surface area contributed by atoms with Crippen molar-refractivity contribution < 1.29 is 10.2 Å². The van der Waals surface area contributed by atoms with Crippen molar-refractivity contribution >= 4 is 35.3 Å². The lowest BCUT2D eigenvalue weighted by molar-refractivity contribution is 0.375. The summed E-state index contributed by atoms with van der Waals surface area (Å²) in [5.41, 5.74) is 0. The van der Waals surface area contributed by atoms with E-state index in [4.69, 9.17) is 10.2 Å². The lowest BCUT2D eigenvalue weighted by atomic mass is 10.4. The Morgan fingerprint density at radius 2 is 0.895 bits per heavy atom. The number of aliphatic hydroxyl groups is 2. The molecule has 0 aliphatic rings. The highest BCUT2D eigenvalue weighted by Gasteiger charge is 1.99. The topological polar surface area (TPSA) is 40.5 Å². The highest BCUT2D eigenvalue weighted by molar-refractivity contribution is 8.00. The van der Waals surface area contributed by atoms with Gasteiger partial charge in [-0.3, -0.25) is 0 Å². The normalized spacial score (nSPS) is 10.6. The average molecular weight is 310 g/mol. The van der Waals surface area contributed by atoms with Gasteiger partial charge in [0.25, 0.3) is 0 Å². The van der Waals surface area contributed by atoms with E-state index in [1.54, 1.807) is 11.8 Å². The smallest absolute Gasteiger partial charge is 0.0932 e. The molecule has 0 aliphatic carbocycles. The second kappa shape index (κ2) is 7.87. The maximum absolute atomic E-state index is 8.83. The first-order valence-electron chi connectivity index (χ1n) is 5.67. The zero-order valence-electron chi connectivity index (χ0n) is 10.2. The predicted octanol–water partition coefficient (Wildman–Crippen LogP) is 3.92. The zero-order chi connectivity index (χ0) is 13.5. The second-order valence-corrected chi connectivity index (χ2v) is 6.78. The Labute approximate surface area is 125 Å². The predicted molar refractivity (Wildman–Crippen MR) is 82.9 cm³/mol. The van der Waals surface area contributed by atoms with Crippen LogP contribution in [0.4, 0.5) is 0 Å². The summed E-state index contributed by atoms with van der Waals surface area (Å²) in [5, 5.41) is 17.7. The molecule has 0 unspecified atom stereocenters. The minimum absolute atomic E-state index is 0.108. The minimum atomic E-state index is 0.108. The summed E-state index contributed by atoms with van der Waals surface area (Å²) in [4.78, 5) is 4.48. The molecule has 2 aromatic rings. The number of thioether (sulfide) groups is 2. The molecule has 2 nitrogen and oxygen atoms in total. The van der Waals surface area contributed by atoms with Crippen LogP contribution >= 0.6 is 35.3 Å². The summed E-state index contributed by atoms with van der Waals surface area (Å²) in [6, 6.07) is 16.3. The van der Waals surface area contributed by atoms with Crippen molar-refractivity contribution in [1.29, 1.82) is 0 Å². The van der Waals surface area contributed by atoms with E-state index in [0.717, 1.165) is 9.79 Å². The third kappa shape index (κ3) is 4.78. The Bertz CT molecular complexity index is 450. The molecule has 19 heavy (non-hydrogen) atoms. The number of benzene rings is 2. The van der Waals surface area contributed by atoms with Crippen molar-refractivity contribution in [2.45, 2.75) is 19.6 Å². The molecule has 100 valence electrons. The zero-order valence-corrected chi connectivity index (χ0v) is 12.6.